The summed E-state index contributed by atoms with van der Waals surface area (Å²) in [6.07, 6.45) is 3.24. The van der Waals surface area contributed by atoms with Gasteiger partial charge in [-0.25, -0.2) is 19.8 Å². The van der Waals surface area contributed by atoms with Crippen molar-refractivity contribution in [2.75, 3.05) is 20.1 Å². The highest BCUT2D eigenvalue weighted by Crippen LogP contribution is 2.15. The van der Waals surface area contributed by atoms with Crippen LogP contribution in [0.1, 0.15) is 12.8 Å². The molecule has 0 aliphatic carbocycles. The van der Waals surface area contributed by atoms with Crippen LogP contribution in [0.5, 0.6) is 5.75 Å². The number of aromatic nitrogens is 1. The van der Waals surface area contributed by atoms with E-state index in [4.69, 9.17) is 16.3 Å². The fourth-order valence-electron chi connectivity index (χ4n) is 1.71. The predicted molar refractivity (Wildman–Crippen MR) is 63.8 cm³/mol. The van der Waals surface area contributed by atoms with Crippen molar-refractivity contribution in [1.29, 1.82) is 0 Å². The first-order chi connectivity index (χ1) is 8.16. The molecule has 0 radical (unpaired) electrons. The third-order valence-electron chi connectivity index (χ3n) is 2.68. The molecule has 0 atom stereocenters. The fourth-order valence-corrected chi connectivity index (χ4v) is 1.82. The molecule has 0 unspecified atom stereocenters. The number of carbonyl (C=O) groups excluding carboxylic acids is 1. The van der Waals surface area contributed by atoms with E-state index in [-0.39, 0.29) is 0 Å². The van der Waals surface area contributed by atoms with Gasteiger partial charge in [0.25, 0.3) is 0 Å². The van der Waals surface area contributed by atoms with Gasteiger partial charge >= 0.3 is 6.09 Å². The summed E-state index contributed by atoms with van der Waals surface area (Å²) in [6.45, 7) is 1.79. The molecule has 0 N–H and O–H groups in total. The normalized spacial score (nSPS) is 15.9. The van der Waals surface area contributed by atoms with Crippen LogP contribution in [0.25, 0.3) is 0 Å². The summed E-state index contributed by atoms with van der Waals surface area (Å²) < 4.78 is 5.17. The number of hydrazine groups is 1. The molecule has 17 heavy (non-hydrogen) atoms. The van der Waals surface area contributed by atoms with Gasteiger partial charge in [-0.05, 0) is 25.0 Å². The second-order valence-corrected chi connectivity index (χ2v) is 4.26. The average Bonchev–Trinajstić information content (AvgIpc) is 2.84. The van der Waals surface area contributed by atoms with Crippen molar-refractivity contribution in [2.45, 2.75) is 12.8 Å². The van der Waals surface area contributed by atoms with Crippen molar-refractivity contribution in [1.82, 2.24) is 15.0 Å². The molecule has 1 aliphatic rings. The summed E-state index contributed by atoms with van der Waals surface area (Å²) in [4.78, 5) is 15.6. The Morgan fingerprint density at radius 2 is 2.18 bits per heavy atom. The zero-order valence-electron chi connectivity index (χ0n) is 9.60. The minimum Gasteiger partial charge on any atom is -0.408 e. The first-order valence-electron chi connectivity index (χ1n) is 5.49. The van der Waals surface area contributed by atoms with Crippen LogP contribution in [0.3, 0.4) is 0 Å². The third-order valence-corrected chi connectivity index (χ3v) is 2.90. The van der Waals surface area contributed by atoms with Gasteiger partial charge in [0.2, 0.25) is 0 Å². The topological polar surface area (TPSA) is 45.7 Å². The van der Waals surface area contributed by atoms with Crippen LogP contribution < -0.4 is 4.74 Å². The summed E-state index contributed by atoms with van der Waals surface area (Å²) in [5, 5.41) is 3.84. The Morgan fingerprint density at radius 3 is 2.76 bits per heavy atom. The lowest BCUT2D eigenvalue weighted by atomic mass is 10.4. The van der Waals surface area contributed by atoms with Gasteiger partial charge in [0.05, 0.1) is 6.20 Å². The number of hydrogen-bond donors (Lipinski definition) is 0. The van der Waals surface area contributed by atoms with E-state index in [0.29, 0.717) is 10.9 Å². The molecule has 2 heterocycles. The van der Waals surface area contributed by atoms with Crippen molar-refractivity contribution in [2.24, 2.45) is 0 Å². The van der Waals surface area contributed by atoms with Gasteiger partial charge in [-0.3, -0.25) is 0 Å². The highest BCUT2D eigenvalue weighted by atomic mass is 35.5. The lowest BCUT2D eigenvalue weighted by molar-refractivity contribution is 0.0353. The summed E-state index contributed by atoms with van der Waals surface area (Å²) >= 11 is 5.64. The van der Waals surface area contributed by atoms with E-state index in [9.17, 15) is 4.79 Å². The second-order valence-electron chi connectivity index (χ2n) is 3.87. The summed E-state index contributed by atoms with van der Waals surface area (Å²) in [5.74, 6) is 0.394. The van der Waals surface area contributed by atoms with E-state index >= 15 is 0 Å². The number of nitrogens with zero attached hydrogens (tertiary/aromatic N) is 3. The van der Waals surface area contributed by atoms with Crippen LogP contribution in [-0.2, 0) is 0 Å². The Morgan fingerprint density at radius 1 is 1.47 bits per heavy atom. The molecule has 0 spiro atoms. The van der Waals surface area contributed by atoms with Crippen molar-refractivity contribution in [3.05, 3.63) is 23.5 Å². The third kappa shape index (κ3) is 3.08. The second kappa shape index (κ2) is 5.33. The van der Waals surface area contributed by atoms with Gasteiger partial charge in [0.15, 0.2) is 5.75 Å². The molecule has 1 aromatic rings. The Hall–Kier alpha value is -1.33. The van der Waals surface area contributed by atoms with Gasteiger partial charge in [0.1, 0.15) is 5.15 Å². The van der Waals surface area contributed by atoms with Crippen LogP contribution in [0.4, 0.5) is 4.79 Å². The van der Waals surface area contributed by atoms with Crippen LogP contribution >= 0.6 is 11.6 Å². The molecule has 0 saturated carbocycles. The standard InChI is InChI=1S/C11H14ClN3O2/c1-14(15-6-2-3-7-15)11(16)17-9-4-5-10(12)13-8-9/h4-5,8H,2-3,6-7H2,1H3. The molecule has 5 nitrogen and oxygen atoms in total. The van der Waals surface area contributed by atoms with Crippen LogP contribution in [0.15, 0.2) is 18.3 Å². The Labute approximate surface area is 105 Å². The SMILES string of the molecule is CN(C(=O)Oc1ccc(Cl)nc1)N1CCCC1. The molecule has 0 bridgehead atoms. The number of amides is 1. The summed E-state index contributed by atoms with van der Waals surface area (Å²) in [5.41, 5.74) is 0. The van der Waals surface area contributed by atoms with E-state index in [1.54, 1.807) is 19.2 Å². The molecule has 1 aromatic heterocycles. The fraction of sp³-hybridized carbons (Fsp3) is 0.455. The van der Waals surface area contributed by atoms with E-state index in [1.165, 1.54) is 11.2 Å². The van der Waals surface area contributed by atoms with Gasteiger partial charge in [-0.1, -0.05) is 11.6 Å². The number of carbonyl (C=O) groups is 1. The van der Waals surface area contributed by atoms with Crippen molar-refractivity contribution >= 4 is 17.7 Å². The van der Waals surface area contributed by atoms with Crippen molar-refractivity contribution in [3.8, 4) is 5.75 Å². The minimum absolute atomic E-state index is 0.373. The highest BCUT2D eigenvalue weighted by Gasteiger charge is 2.22. The number of pyridine rings is 1. The molecular weight excluding hydrogens is 242 g/mol. The van der Waals surface area contributed by atoms with Crippen LogP contribution in [0.2, 0.25) is 5.15 Å². The molecule has 6 heteroatoms. The lowest BCUT2D eigenvalue weighted by Crippen LogP contribution is -2.43. The molecule has 1 saturated heterocycles. The minimum atomic E-state index is -0.406. The lowest BCUT2D eigenvalue weighted by Gasteiger charge is -2.26. The zero-order chi connectivity index (χ0) is 12.3. The molecule has 1 amide bonds. The average molecular weight is 256 g/mol. The Bertz CT molecular complexity index is 390. The number of hydrogen-bond acceptors (Lipinski definition) is 4. The molecule has 1 fully saturated rings. The maximum absolute atomic E-state index is 11.8. The Kier molecular flexibility index (Phi) is 3.81. The highest BCUT2D eigenvalue weighted by molar-refractivity contribution is 6.29. The number of halogens is 1. The maximum atomic E-state index is 11.8. The molecule has 2 rings (SSSR count). The van der Waals surface area contributed by atoms with E-state index in [2.05, 4.69) is 4.98 Å². The Balaban J connectivity index is 1.93. The quantitative estimate of drug-likeness (QED) is 0.760. The molecular formula is C11H14ClN3O2. The first kappa shape index (κ1) is 12.1. The molecule has 92 valence electrons. The maximum Gasteiger partial charge on any atom is 0.429 e. The largest absolute Gasteiger partial charge is 0.429 e. The first-order valence-corrected chi connectivity index (χ1v) is 5.86. The monoisotopic (exact) mass is 255 g/mol. The van der Waals surface area contributed by atoms with Crippen LogP contribution in [0, 0.1) is 0 Å². The van der Waals surface area contributed by atoms with Gasteiger partial charge in [-0.2, -0.15) is 0 Å². The van der Waals surface area contributed by atoms with Crippen LogP contribution in [-0.4, -0.2) is 41.2 Å². The van der Waals surface area contributed by atoms with Gasteiger partial charge < -0.3 is 4.74 Å². The smallest absolute Gasteiger partial charge is 0.408 e. The number of ether oxygens (including phenoxy) is 1. The zero-order valence-corrected chi connectivity index (χ0v) is 10.4. The van der Waals surface area contributed by atoms with E-state index in [1.807, 2.05) is 5.01 Å². The van der Waals surface area contributed by atoms with Gasteiger partial charge in [0, 0.05) is 20.1 Å². The summed E-state index contributed by atoms with van der Waals surface area (Å²) in [7, 11) is 1.71. The van der Waals surface area contributed by atoms with Crippen molar-refractivity contribution in [3.63, 3.8) is 0 Å². The van der Waals surface area contributed by atoms with Crippen molar-refractivity contribution < 1.29 is 9.53 Å². The molecule has 1 aliphatic heterocycles. The molecule has 0 aromatic carbocycles. The van der Waals surface area contributed by atoms with E-state index < -0.39 is 6.09 Å². The van der Waals surface area contributed by atoms with Gasteiger partial charge in [-0.15, -0.1) is 0 Å². The summed E-state index contributed by atoms with van der Waals surface area (Å²) in [6, 6.07) is 3.20. The predicted octanol–water partition coefficient (Wildman–Crippen LogP) is 2.18. The number of rotatable bonds is 2. The van der Waals surface area contributed by atoms with E-state index in [0.717, 1.165) is 25.9 Å².